The van der Waals surface area contributed by atoms with E-state index in [2.05, 4.69) is 22.9 Å². The van der Waals surface area contributed by atoms with Crippen LogP contribution in [0.4, 0.5) is 5.69 Å². The third kappa shape index (κ3) is 3.21. The molecule has 0 aliphatic carbocycles. The second-order valence-corrected chi connectivity index (χ2v) is 5.00. The standard InChI is InChI=1S/C13H12N2OS2/c1-9-14-12(8-18-9)10-3-2-4-11(7-10)15-13(16)5-6-17/h2-8,17H,1H3,(H,15,16)/b6-5-. The number of nitrogens with one attached hydrogen (secondary N) is 1. The Hall–Kier alpha value is -1.59. The second-order valence-electron chi connectivity index (χ2n) is 3.64. The van der Waals surface area contributed by atoms with E-state index in [1.54, 1.807) is 11.3 Å². The molecule has 0 bridgehead atoms. The topological polar surface area (TPSA) is 42.0 Å². The lowest BCUT2D eigenvalue weighted by atomic mass is 10.1. The average Bonchev–Trinajstić information content (AvgIpc) is 2.76. The maximum Gasteiger partial charge on any atom is 0.248 e. The minimum Gasteiger partial charge on any atom is -0.322 e. The molecule has 0 aliphatic rings. The molecule has 1 amide bonds. The zero-order chi connectivity index (χ0) is 13.0. The summed E-state index contributed by atoms with van der Waals surface area (Å²) in [5.74, 6) is -0.198. The highest BCUT2D eigenvalue weighted by Gasteiger charge is 2.04. The van der Waals surface area contributed by atoms with Gasteiger partial charge in [-0.3, -0.25) is 4.79 Å². The number of rotatable bonds is 3. The second kappa shape index (κ2) is 5.84. The van der Waals surface area contributed by atoms with Crippen molar-refractivity contribution in [3.05, 3.63) is 46.1 Å². The smallest absolute Gasteiger partial charge is 0.248 e. The number of carbonyl (C=O) groups excluding carboxylic acids is 1. The normalized spacial score (nSPS) is 10.8. The maximum absolute atomic E-state index is 11.4. The highest BCUT2D eigenvalue weighted by atomic mass is 32.1. The number of amides is 1. The Labute approximate surface area is 115 Å². The number of thiol groups is 1. The number of hydrogen-bond acceptors (Lipinski definition) is 4. The van der Waals surface area contributed by atoms with Crippen molar-refractivity contribution >= 4 is 35.6 Å². The van der Waals surface area contributed by atoms with Gasteiger partial charge in [-0.15, -0.1) is 11.3 Å². The minimum absolute atomic E-state index is 0.198. The van der Waals surface area contributed by atoms with Crippen molar-refractivity contribution in [1.29, 1.82) is 0 Å². The number of carbonyl (C=O) groups is 1. The molecule has 92 valence electrons. The Morgan fingerprint density at radius 3 is 3.00 bits per heavy atom. The van der Waals surface area contributed by atoms with Crippen LogP contribution >= 0.6 is 24.0 Å². The van der Waals surface area contributed by atoms with Crippen LogP contribution in [0.25, 0.3) is 11.3 Å². The molecule has 0 radical (unpaired) electrons. The van der Waals surface area contributed by atoms with Crippen LogP contribution in [0.2, 0.25) is 0 Å². The molecule has 0 spiro atoms. The molecule has 1 heterocycles. The van der Waals surface area contributed by atoms with E-state index in [4.69, 9.17) is 0 Å². The molecule has 0 fully saturated rings. The highest BCUT2D eigenvalue weighted by Crippen LogP contribution is 2.24. The Kier molecular flexibility index (Phi) is 4.17. The lowest BCUT2D eigenvalue weighted by molar-refractivity contribution is -0.111. The predicted octanol–water partition coefficient (Wildman–Crippen LogP) is 3.50. The summed E-state index contributed by atoms with van der Waals surface area (Å²) >= 11 is 5.46. The summed E-state index contributed by atoms with van der Waals surface area (Å²) < 4.78 is 0. The third-order valence-corrected chi connectivity index (χ3v) is 3.19. The van der Waals surface area contributed by atoms with Gasteiger partial charge in [0.25, 0.3) is 0 Å². The number of aryl methyl sites for hydroxylation is 1. The van der Waals surface area contributed by atoms with Gasteiger partial charge in [-0.05, 0) is 24.5 Å². The molecule has 1 N–H and O–H groups in total. The summed E-state index contributed by atoms with van der Waals surface area (Å²) in [5, 5.41) is 7.20. The van der Waals surface area contributed by atoms with Gasteiger partial charge in [-0.25, -0.2) is 4.98 Å². The fourth-order valence-electron chi connectivity index (χ4n) is 1.50. The summed E-state index contributed by atoms with van der Waals surface area (Å²) in [6.07, 6.45) is 1.36. The van der Waals surface area contributed by atoms with Crippen molar-refractivity contribution in [1.82, 2.24) is 4.98 Å². The highest BCUT2D eigenvalue weighted by molar-refractivity contribution is 7.83. The molecular formula is C13H12N2OS2. The molecule has 0 aliphatic heterocycles. The van der Waals surface area contributed by atoms with Gasteiger partial charge >= 0.3 is 0 Å². The molecule has 5 heteroatoms. The van der Waals surface area contributed by atoms with Gasteiger partial charge in [0.05, 0.1) is 10.7 Å². The van der Waals surface area contributed by atoms with Crippen LogP contribution in [0.1, 0.15) is 5.01 Å². The van der Waals surface area contributed by atoms with E-state index in [0.717, 1.165) is 22.0 Å². The number of benzene rings is 1. The number of thiazole rings is 1. The number of aromatic nitrogens is 1. The van der Waals surface area contributed by atoms with Crippen molar-refractivity contribution in [3.8, 4) is 11.3 Å². The first-order chi connectivity index (χ1) is 8.69. The average molecular weight is 276 g/mol. The number of hydrogen-bond donors (Lipinski definition) is 2. The summed E-state index contributed by atoms with van der Waals surface area (Å²) in [5.41, 5.74) is 2.67. The summed E-state index contributed by atoms with van der Waals surface area (Å²) in [6, 6.07) is 7.61. The fourth-order valence-corrected chi connectivity index (χ4v) is 2.26. The van der Waals surface area contributed by atoms with Gasteiger partial charge < -0.3 is 5.32 Å². The van der Waals surface area contributed by atoms with E-state index >= 15 is 0 Å². The molecule has 2 aromatic rings. The van der Waals surface area contributed by atoms with Gasteiger partial charge in [-0.2, -0.15) is 12.6 Å². The van der Waals surface area contributed by atoms with E-state index in [0.29, 0.717) is 0 Å². The van der Waals surface area contributed by atoms with Crippen LogP contribution in [0.5, 0.6) is 0 Å². The van der Waals surface area contributed by atoms with Gasteiger partial charge in [0.15, 0.2) is 0 Å². The van der Waals surface area contributed by atoms with Crippen molar-refractivity contribution < 1.29 is 4.79 Å². The van der Waals surface area contributed by atoms with Gasteiger partial charge in [0.1, 0.15) is 0 Å². The first kappa shape index (κ1) is 12.9. The van der Waals surface area contributed by atoms with E-state index in [1.165, 1.54) is 11.5 Å². The van der Waals surface area contributed by atoms with Crippen LogP contribution in [0, 0.1) is 6.92 Å². The van der Waals surface area contributed by atoms with Crippen molar-refractivity contribution in [2.24, 2.45) is 0 Å². The quantitative estimate of drug-likeness (QED) is 0.665. The van der Waals surface area contributed by atoms with Crippen molar-refractivity contribution in [3.63, 3.8) is 0 Å². The first-order valence-electron chi connectivity index (χ1n) is 5.33. The van der Waals surface area contributed by atoms with Crippen molar-refractivity contribution in [2.45, 2.75) is 6.92 Å². The van der Waals surface area contributed by atoms with E-state index < -0.39 is 0 Å². The molecule has 0 atom stereocenters. The summed E-state index contributed by atoms with van der Waals surface area (Å²) in [4.78, 5) is 15.8. The molecule has 0 unspecified atom stereocenters. The largest absolute Gasteiger partial charge is 0.322 e. The van der Waals surface area contributed by atoms with Crippen molar-refractivity contribution in [2.75, 3.05) is 5.32 Å². The molecule has 1 aromatic heterocycles. The molecule has 3 nitrogen and oxygen atoms in total. The Balaban J connectivity index is 2.22. The van der Waals surface area contributed by atoms with Crippen LogP contribution < -0.4 is 5.32 Å². The Morgan fingerprint density at radius 1 is 1.50 bits per heavy atom. The zero-order valence-corrected chi connectivity index (χ0v) is 11.5. The molecule has 1 aromatic carbocycles. The van der Waals surface area contributed by atoms with Gasteiger partial charge in [0.2, 0.25) is 5.91 Å². The molecular weight excluding hydrogens is 264 g/mol. The van der Waals surface area contributed by atoms with Crippen LogP contribution in [-0.2, 0) is 4.79 Å². The minimum atomic E-state index is -0.198. The van der Waals surface area contributed by atoms with Crippen LogP contribution in [0.15, 0.2) is 41.1 Å². The maximum atomic E-state index is 11.4. The first-order valence-corrected chi connectivity index (χ1v) is 6.73. The molecule has 0 saturated heterocycles. The number of anilines is 1. The van der Waals surface area contributed by atoms with Gasteiger partial charge in [-0.1, -0.05) is 12.1 Å². The Bertz CT molecular complexity index is 590. The van der Waals surface area contributed by atoms with Crippen LogP contribution in [-0.4, -0.2) is 10.9 Å². The lowest BCUT2D eigenvalue weighted by Crippen LogP contribution is -2.07. The summed E-state index contributed by atoms with van der Waals surface area (Å²) in [7, 11) is 0. The van der Waals surface area contributed by atoms with Crippen LogP contribution in [0.3, 0.4) is 0 Å². The molecule has 18 heavy (non-hydrogen) atoms. The van der Waals surface area contributed by atoms with Gasteiger partial charge in [0, 0.05) is 22.7 Å². The SMILES string of the molecule is Cc1nc(-c2cccc(NC(=O)/C=C\S)c2)cs1. The monoisotopic (exact) mass is 276 g/mol. The summed E-state index contributed by atoms with van der Waals surface area (Å²) in [6.45, 7) is 1.97. The fraction of sp³-hybridized carbons (Fsp3) is 0.0769. The molecule has 2 rings (SSSR count). The third-order valence-electron chi connectivity index (χ3n) is 2.27. The van der Waals surface area contributed by atoms with E-state index in [9.17, 15) is 4.79 Å². The lowest BCUT2D eigenvalue weighted by Gasteiger charge is -2.04. The van der Waals surface area contributed by atoms with E-state index in [1.807, 2.05) is 36.6 Å². The predicted molar refractivity (Wildman–Crippen MR) is 79.0 cm³/mol. The van der Waals surface area contributed by atoms with E-state index in [-0.39, 0.29) is 5.91 Å². The molecule has 0 saturated carbocycles. The number of nitrogens with zero attached hydrogens (tertiary/aromatic N) is 1. The zero-order valence-electron chi connectivity index (χ0n) is 9.75. The Morgan fingerprint density at radius 2 is 2.33 bits per heavy atom.